The zero-order valence-corrected chi connectivity index (χ0v) is 14.8. The summed E-state index contributed by atoms with van der Waals surface area (Å²) in [6.07, 6.45) is 8.13. The number of nitrogens with one attached hydrogen (secondary N) is 2. The number of hydrogen-bond acceptors (Lipinski definition) is 2. The summed E-state index contributed by atoms with van der Waals surface area (Å²) in [5.41, 5.74) is 5.54. The van der Waals surface area contributed by atoms with Gasteiger partial charge in [-0.25, -0.2) is 0 Å². The summed E-state index contributed by atoms with van der Waals surface area (Å²) in [5, 5.41) is 7.12. The summed E-state index contributed by atoms with van der Waals surface area (Å²) in [6.45, 7) is 8.27. The highest BCUT2D eigenvalue weighted by Gasteiger charge is 2.34. The minimum absolute atomic E-state index is 0.132. The Morgan fingerprint density at radius 1 is 0.840 bits per heavy atom. The first kappa shape index (κ1) is 16.8. The van der Waals surface area contributed by atoms with Crippen LogP contribution in [0.5, 0.6) is 0 Å². The maximum Gasteiger partial charge on any atom is 0.0444 e. The predicted octanol–water partition coefficient (Wildman–Crippen LogP) is 6.13. The van der Waals surface area contributed by atoms with Crippen LogP contribution in [0.1, 0.15) is 13.8 Å². The van der Waals surface area contributed by atoms with Gasteiger partial charge in [0.25, 0.3) is 0 Å². The second-order valence-corrected chi connectivity index (χ2v) is 6.59. The second-order valence-electron chi connectivity index (χ2n) is 6.59. The monoisotopic (exact) mass is 328 g/mol. The number of anilines is 2. The fraction of sp³-hybridized carbons (Fsp3) is 0.130. The van der Waals surface area contributed by atoms with E-state index < -0.39 is 0 Å². The molecule has 0 aliphatic heterocycles. The summed E-state index contributed by atoms with van der Waals surface area (Å²) in [6, 6.07) is 20.5. The van der Waals surface area contributed by atoms with E-state index in [-0.39, 0.29) is 5.41 Å². The third-order valence-corrected chi connectivity index (χ3v) is 4.43. The molecule has 3 rings (SSSR count). The lowest BCUT2D eigenvalue weighted by Crippen LogP contribution is -2.19. The summed E-state index contributed by atoms with van der Waals surface area (Å²) in [7, 11) is 0. The molecule has 0 fully saturated rings. The highest BCUT2D eigenvalue weighted by molar-refractivity contribution is 5.64. The first-order valence-corrected chi connectivity index (χ1v) is 8.51. The average Bonchev–Trinajstić information content (AvgIpc) is 2.85. The topological polar surface area (TPSA) is 24.1 Å². The van der Waals surface area contributed by atoms with Gasteiger partial charge in [0.05, 0.1) is 0 Å². The predicted molar refractivity (Wildman–Crippen MR) is 108 cm³/mol. The lowest BCUT2D eigenvalue weighted by Gasteiger charge is -2.26. The number of allylic oxidation sites excluding steroid dienone is 5. The summed E-state index contributed by atoms with van der Waals surface area (Å²) in [5.74, 6) is 0. The molecule has 0 bridgehead atoms. The van der Waals surface area contributed by atoms with Crippen molar-refractivity contribution in [2.24, 2.45) is 5.41 Å². The Kier molecular flexibility index (Phi) is 4.90. The minimum atomic E-state index is -0.132. The van der Waals surface area contributed by atoms with Gasteiger partial charge < -0.3 is 10.6 Å². The number of rotatable bonds is 6. The highest BCUT2D eigenvalue weighted by atomic mass is 15.0. The maximum absolute atomic E-state index is 3.80. The number of para-hydroxylation sites is 2. The highest BCUT2D eigenvalue weighted by Crippen LogP contribution is 2.43. The Labute approximate surface area is 150 Å². The van der Waals surface area contributed by atoms with Crippen molar-refractivity contribution in [1.82, 2.24) is 0 Å². The van der Waals surface area contributed by atoms with E-state index in [1.807, 2.05) is 48.6 Å². The van der Waals surface area contributed by atoms with Crippen LogP contribution in [-0.4, -0.2) is 0 Å². The van der Waals surface area contributed by atoms with Crippen molar-refractivity contribution in [2.75, 3.05) is 10.6 Å². The third kappa shape index (κ3) is 3.74. The van der Waals surface area contributed by atoms with Crippen LogP contribution in [0.4, 0.5) is 11.4 Å². The van der Waals surface area contributed by atoms with E-state index in [0.717, 1.165) is 17.1 Å². The first-order valence-electron chi connectivity index (χ1n) is 8.51. The van der Waals surface area contributed by atoms with E-state index in [1.54, 1.807) is 0 Å². The van der Waals surface area contributed by atoms with E-state index in [9.17, 15) is 0 Å². The molecular formula is C23H24N2. The van der Waals surface area contributed by atoms with Crippen molar-refractivity contribution in [3.63, 3.8) is 0 Å². The molecule has 0 saturated heterocycles. The van der Waals surface area contributed by atoms with Crippen LogP contribution in [-0.2, 0) is 0 Å². The van der Waals surface area contributed by atoms with Gasteiger partial charge in [0.1, 0.15) is 0 Å². The van der Waals surface area contributed by atoms with E-state index in [0.29, 0.717) is 0 Å². The molecule has 2 N–H and O–H groups in total. The van der Waals surface area contributed by atoms with Crippen molar-refractivity contribution < 1.29 is 0 Å². The minimum Gasteiger partial charge on any atom is -0.358 e. The standard InChI is InChI=1S/C23H24N2/c1-4-5-16-20-21(24-18-12-8-6-9-13-18)17-22(23(20,2)3)25-19-14-10-7-11-15-19/h4-17,24-25H,1H2,2-3H3/b16-5-. The van der Waals surface area contributed by atoms with Gasteiger partial charge in [0.2, 0.25) is 0 Å². The average molecular weight is 328 g/mol. The normalized spacial score (nSPS) is 16.0. The molecule has 0 aromatic heterocycles. The molecule has 126 valence electrons. The fourth-order valence-corrected chi connectivity index (χ4v) is 3.00. The van der Waals surface area contributed by atoms with Gasteiger partial charge in [0, 0.05) is 28.2 Å². The van der Waals surface area contributed by atoms with E-state index >= 15 is 0 Å². The Bertz CT molecular complexity index is 825. The summed E-state index contributed by atoms with van der Waals surface area (Å²) >= 11 is 0. The molecular weight excluding hydrogens is 304 g/mol. The van der Waals surface area contributed by atoms with Gasteiger partial charge in [-0.05, 0) is 35.9 Å². The molecule has 0 amide bonds. The van der Waals surface area contributed by atoms with E-state index in [4.69, 9.17) is 0 Å². The van der Waals surface area contributed by atoms with Crippen molar-refractivity contribution >= 4 is 11.4 Å². The van der Waals surface area contributed by atoms with Gasteiger partial charge in [-0.15, -0.1) is 0 Å². The molecule has 2 heteroatoms. The van der Waals surface area contributed by atoms with Gasteiger partial charge in [-0.2, -0.15) is 0 Å². The first-order chi connectivity index (χ1) is 12.1. The van der Waals surface area contributed by atoms with Crippen molar-refractivity contribution in [3.05, 3.63) is 109 Å². The van der Waals surface area contributed by atoms with Crippen LogP contribution in [0.25, 0.3) is 0 Å². The van der Waals surface area contributed by atoms with Crippen LogP contribution >= 0.6 is 0 Å². The molecule has 1 aliphatic rings. The molecule has 0 heterocycles. The Balaban J connectivity index is 1.95. The van der Waals surface area contributed by atoms with Crippen molar-refractivity contribution in [2.45, 2.75) is 13.8 Å². The van der Waals surface area contributed by atoms with Crippen LogP contribution in [0, 0.1) is 5.41 Å². The molecule has 0 radical (unpaired) electrons. The number of hydrogen-bond donors (Lipinski definition) is 2. The molecule has 0 spiro atoms. The third-order valence-electron chi connectivity index (χ3n) is 4.43. The summed E-state index contributed by atoms with van der Waals surface area (Å²) < 4.78 is 0. The Morgan fingerprint density at radius 3 is 1.96 bits per heavy atom. The molecule has 2 aromatic carbocycles. The SMILES string of the molecule is C=C/C=C\C1=C(Nc2ccccc2)C=C(Nc2ccccc2)C1(C)C. The van der Waals surface area contributed by atoms with E-state index in [2.05, 4.69) is 67.5 Å². The lowest BCUT2D eigenvalue weighted by molar-refractivity contribution is 0.566. The van der Waals surface area contributed by atoms with Gasteiger partial charge in [0.15, 0.2) is 0 Å². The smallest absolute Gasteiger partial charge is 0.0444 e. The van der Waals surface area contributed by atoms with Gasteiger partial charge >= 0.3 is 0 Å². The molecule has 0 saturated carbocycles. The van der Waals surface area contributed by atoms with Crippen LogP contribution < -0.4 is 10.6 Å². The lowest BCUT2D eigenvalue weighted by atomic mass is 9.83. The van der Waals surface area contributed by atoms with Gasteiger partial charge in [-0.1, -0.05) is 75.1 Å². The zero-order valence-electron chi connectivity index (χ0n) is 14.8. The molecule has 0 unspecified atom stereocenters. The number of benzene rings is 2. The quantitative estimate of drug-likeness (QED) is 0.623. The van der Waals surface area contributed by atoms with Crippen molar-refractivity contribution in [1.29, 1.82) is 0 Å². The zero-order chi connectivity index (χ0) is 17.7. The van der Waals surface area contributed by atoms with Crippen LogP contribution in [0.3, 0.4) is 0 Å². The molecule has 2 aromatic rings. The maximum atomic E-state index is 3.80. The summed E-state index contributed by atoms with van der Waals surface area (Å²) in [4.78, 5) is 0. The molecule has 2 nitrogen and oxygen atoms in total. The molecule has 25 heavy (non-hydrogen) atoms. The fourth-order valence-electron chi connectivity index (χ4n) is 3.00. The Hall–Kier alpha value is -3.00. The second kappa shape index (κ2) is 7.27. The molecule has 1 aliphatic carbocycles. The molecule has 0 atom stereocenters. The van der Waals surface area contributed by atoms with Gasteiger partial charge in [-0.3, -0.25) is 0 Å². The Morgan fingerprint density at radius 2 is 1.40 bits per heavy atom. The largest absolute Gasteiger partial charge is 0.358 e. The van der Waals surface area contributed by atoms with Crippen LogP contribution in [0.15, 0.2) is 109 Å². The van der Waals surface area contributed by atoms with E-state index in [1.165, 1.54) is 11.3 Å². The van der Waals surface area contributed by atoms with Crippen molar-refractivity contribution in [3.8, 4) is 0 Å². The van der Waals surface area contributed by atoms with Crippen LogP contribution in [0.2, 0.25) is 0 Å².